The molecule has 0 spiro atoms. The van der Waals surface area contributed by atoms with Gasteiger partial charge in [-0.05, 0) is 77.0 Å². The molecule has 0 aliphatic heterocycles. The van der Waals surface area contributed by atoms with Crippen LogP contribution in [0.4, 0.5) is 0 Å². The third-order valence-corrected chi connectivity index (χ3v) is 7.74. The van der Waals surface area contributed by atoms with Gasteiger partial charge in [-0.3, -0.25) is 14.1 Å². The number of ether oxygens (including phenoxy) is 2. The molecule has 0 aromatic rings. The lowest BCUT2D eigenvalue weighted by molar-refractivity contribution is -0.161. The molecule has 0 bridgehead atoms. The van der Waals surface area contributed by atoms with Gasteiger partial charge in [0.25, 0.3) is 0 Å². The normalized spacial score (nSPS) is 13.2. The number of esters is 2. The van der Waals surface area contributed by atoms with E-state index in [1.165, 1.54) is 44.9 Å². The van der Waals surface area contributed by atoms with E-state index in [0.717, 1.165) is 64.2 Å². The summed E-state index contributed by atoms with van der Waals surface area (Å²) in [6.07, 6.45) is 40.9. The van der Waals surface area contributed by atoms with Gasteiger partial charge in [0.1, 0.15) is 6.61 Å². The van der Waals surface area contributed by atoms with E-state index >= 15 is 0 Å². The zero-order valence-electron chi connectivity index (χ0n) is 29.4. The Balaban J connectivity index is 4.11. The van der Waals surface area contributed by atoms with Crippen molar-refractivity contribution in [1.29, 1.82) is 0 Å². The highest BCUT2D eigenvalue weighted by molar-refractivity contribution is 7.46. The van der Waals surface area contributed by atoms with Crippen LogP contribution in [0.3, 0.4) is 0 Å². The van der Waals surface area contributed by atoms with Gasteiger partial charge in [0.15, 0.2) is 6.10 Å². The van der Waals surface area contributed by atoms with E-state index in [1.807, 2.05) is 6.08 Å². The van der Waals surface area contributed by atoms with Gasteiger partial charge in [-0.2, -0.15) is 0 Å². The SMILES string of the molecule is CCCCC/C=C/C/C=C/C/C=C/C/C=C/CCCC(=O)OC[C@H](COP(=O)(O)O)OC(=O)CCCCCCC/C=C/CCCCC. The minimum atomic E-state index is -4.76. The highest BCUT2D eigenvalue weighted by atomic mass is 31.2. The van der Waals surface area contributed by atoms with Crippen molar-refractivity contribution in [3.8, 4) is 0 Å². The molecule has 0 fully saturated rings. The second kappa shape index (κ2) is 33.6. The molecule has 0 saturated carbocycles. The van der Waals surface area contributed by atoms with Crippen LogP contribution in [0.15, 0.2) is 60.8 Å². The summed E-state index contributed by atoms with van der Waals surface area (Å²) in [5.41, 5.74) is 0. The Bertz CT molecular complexity index is 947. The second-order valence-corrected chi connectivity index (χ2v) is 13.1. The van der Waals surface area contributed by atoms with Gasteiger partial charge < -0.3 is 19.3 Å². The summed E-state index contributed by atoms with van der Waals surface area (Å²) in [5.74, 6) is -0.968. The Morgan fingerprint density at radius 2 is 0.979 bits per heavy atom. The van der Waals surface area contributed by atoms with E-state index in [4.69, 9.17) is 19.3 Å². The molecule has 2 N–H and O–H groups in total. The minimum Gasteiger partial charge on any atom is -0.462 e. The quantitative estimate of drug-likeness (QED) is 0.0312. The molecule has 0 amide bonds. The molecular weight excluding hydrogens is 615 g/mol. The summed E-state index contributed by atoms with van der Waals surface area (Å²) in [6, 6.07) is 0. The zero-order valence-corrected chi connectivity index (χ0v) is 30.3. The highest BCUT2D eigenvalue weighted by Crippen LogP contribution is 2.35. The van der Waals surface area contributed by atoms with E-state index in [0.29, 0.717) is 12.8 Å². The van der Waals surface area contributed by atoms with E-state index < -0.39 is 32.5 Å². The highest BCUT2D eigenvalue weighted by Gasteiger charge is 2.22. The fourth-order valence-electron chi connectivity index (χ4n) is 4.53. The number of unbranched alkanes of at least 4 members (excludes halogenated alkanes) is 12. The summed E-state index contributed by atoms with van der Waals surface area (Å²) in [5, 5.41) is 0. The Hall–Kier alpha value is -2.25. The Morgan fingerprint density at radius 1 is 0.553 bits per heavy atom. The molecule has 1 atom stereocenters. The van der Waals surface area contributed by atoms with Gasteiger partial charge in [-0.1, -0.05) is 120 Å². The van der Waals surface area contributed by atoms with Crippen LogP contribution in [-0.4, -0.2) is 41.0 Å². The lowest BCUT2D eigenvalue weighted by Gasteiger charge is -2.18. The molecule has 0 aromatic heterocycles. The largest absolute Gasteiger partial charge is 0.469 e. The average Bonchev–Trinajstić information content (AvgIpc) is 3.04. The van der Waals surface area contributed by atoms with Crippen molar-refractivity contribution < 1.29 is 37.9 Å². The van der Waals surface area contributed by atoms with Crippen molar-refractivity contribution in [2.75, 3.05) is 13.2 Å². The Kier molecular flexibility index (Phi) is 32.0. The predicted octanol–water partition coefficient (Wildman–Crippen LogP) is 10.6. The maximum Gasteiger partial charge on any atom is 0.469 e. The number of carbonyl (C=O) groups is 2. The average molecular weight is 681 g/mol. The van der Waals surface area contributed by atoms with Gasteiger partial charge in [0.2, 0.25) is 0 Å². The summed E-state index contributed by atoms with van der Waals surface area (Å²) in [6.45, 7) is 3.55. The van der Waals surface area contributed by atoms with E-state index in [2.05, 4.69) is 73.1 Å². The topological polar surface area (TPSA) is 119 Å². The van der Waals surface area contributed by atoms with E-state index in [-0.39, 0.29) is 19.4 Å². The van der Waals surface area contributed by atoms with Crippen molar-refractivity contribution >= 4 is 19.8 Å². The monoisotopic (exact) mass is 680 g/mol. The van der Waals surface area contributed by atoms with Gasteiger partial charge in [0.05, 0.1) is 6.61 Å². The molecule has 47 heavy (non-hydrogen) atoms. The number of phosphoric ester groups is 1. The number of phosphoric acid groups is 1. The first-order valence-electron chi connectivity index (χ1n) is 18.1. The van der Waals surface area contributed by atoms with Crippen molar-refractivity contribution in [2.45, 2.75) is 155 Å². The van der Waals surface area contributed by atoms with Crippen LogP contribution in [0.25, 0.3) is 0 Å². The molecule has 0 saturated heterocycles. The molecule has 9 heteroatoms. The molecule has 0 aliphatic rings. The predicted molar refractivity (Wildman–Crippen MR) is 193 cm³/mol. The minimum absolute atomic E-state index is 0.187. The second-order valence-electron chi connectivity index (χ2n) is 11.8. The third kappa shape index (κ3) is 36.4. The molecule has 270 valence electrons. The fourth-order valence-corrected chi connectivity index (χ4v) is 4.89. The molecule has 0 aliphatic carbocycles. The molecule has 0 rings (SSSR count). The van der Waals surface area contributed by atoms with Crippen LogP contribution in [0.5, 0.6) is 0 Å². The van der Waals surface area contributed by atoms with Crippen molar-refractivity contribution in [2.24, 2.45) is 0 Å². The number of rotatable bonds is 32. The number of hydrogen-bond donors (Lipinski definition) is 2. The van der Waals surface area contributed by atoms with E-state index in [9.17, 15) is 14.2 Å². The fraction of sp³-hybridized carbons (Fsp3) is 0.684. The molecule has 0 heterocycles. The van der Waals surface area contributed by atoms with Crippen LogP contribution in [-0.2, 0) is 28.2 Å². The zero-order chi connectivity index (χ0) is 34.7. The van der Waals surface area contributed by atoms with Crippen molar-refractivity contribution in [1.82, 2.24) is 0 Å². The smallest absolute Gasteiger partial charge is 0.462 e. The Labute approximate surface area is 286 Å². The summed E-state index contributed by atoms with van der Waals surface area (Å²) in [4.78, 5) is 42.6. The first-order valence-corrected chi connectivity index (χ1v) is 19.6. The number of allylic oxidation sites excluding steroid dienone is 10. The third-order valence-electron chi connectivity index (χ3n) is 7.26. The number of hydrogen-bond acceptors (Lipinski definition) is 6. The van der Waals surface area contributed by atoms with Crippen LogP contribution in [0.1, 0.15) is 149 Å². The van der Waals surface area contributed by atoms with Crippen LogP contribution < -0.4 is 0 Å². The van der Waals surface area contributed by atoms with Crippen molar-refractivity contribution in [3.05, 3.63) is 60.8 Å². The van der Waals surface area contributed by atoms with Gasteiger partial charge in [0, 0.05) is 12.8 Å². The van der Waals surface area contributed by atoms with Crippen LogP contribution in [0, 0.1) is 0 Å². The van der Waals surface area contributed by atoms with Gasteiger partial charge >= 0.3 is 19.8 Å². The van der Waals surface area contributed by atoms with Gasteiger partial charge in [-0.25, -0.2) is 4.57 Å². The molecule has 8 nitrogen and oxygen atoms in total. The first kappa shape index (κ1) is 44.8. The maximum absolute atomic E-state index is 12.3. The van der Waals surface area contributed by atoms with Crippen LogP contribution in [0.2, 0.25) is 0 Å². The van der Waals surface area contributed by atoms with Gasteiger partial charge in [-0.15, -0.1) is 0 Å². The standard InChI is InChI=1S/C38H65O8P/c1-3-5-7-9-11-13-15-17-18-19-20-21-23-24-26-28-30-32-37(39)44-34-36(35-45-47(41,42)43)46-38(40)33-31-29-27-25-22-16-14-12-10-8-6-4-2/h11-14,17-18,20-21,24,26,36H,3-10,15-16,19,22-23,25,27-35H2,1-2H3,(H2,41,42,43)/b13-11+,14-12+,18-17+,21-20+,26-24+/t36-/m1/s1. The first-order chi connectivity index (χ1) is 22.8. The summed E-state index contributed by atoms with van der Waals surface area (Å²) >= 11 is 0. The molecular formula is C38H65O8P. The molecule has 0 unspecified atom stereocenters. The van der Waals surface area contributed by atoms with Crippen molar-refractivity contribution in [3.63, 3.8) is 0 Å². The lowest BCUT2D eigenvalue weighted by atomic mass is 10.1. The molecule has 0 aromatic carbocycles. The van der Waals surface area contributed by atoms with Crippen LogP contribution >= 0.6 is 7.82 Å². The summed E-state index contributed by atoms with van der Waals surface area (Å²) in [7, 11) is -4.76. The lowest BCUT2D eigenvalue weighted by Crippen LogP contribution is -2.29. The Morgan fingerprint density at radius 3 is 1.51 bits per heavy atom. The summed E-state index contributed by atoms with van der Waals surface area (Å²) < 4.78 is 26.2. The molecule has 0 radical (unpaired) electrons. The number of carbonyl (C=O) groups excluding carboxylic acids is 2. The maximum atomic E-state index is 12.3. The van der Waals surface area contributed by atoms with E-state index in [1.54, 1.807) is 0 Å².